The highest BCUT2D eigenvalue weighted by atomic mass is 16.5. The van der Waals surface area contributed by atoms with Crippen LogP contribution in [0, 0.1) is 5.92 Å². The summed E-state index contributed by atoms with van der Waals surface area (Å²) in [5.41, 5.74) is 0.403. The van der Waals surface area contributed by atoms with Gasteiger partial charge < -0.3 is 9.84 Å². The second-order valence-electron chi connectivity index (χ2n) is 7.35. The predicted molar refractivity (Wildman–Crippen MR) is 84.2 cm³/mol. The lowest BCUT2D eigenvalue weighted by atomic mass is 9.88. The minimum atomic E-state index is -0.665. The van der Waals surface area contributed by atoms with E-state index in [0.717, 1.165) is 51.1 Å². The van der Waals surface area contributed by atoms with Gasteiger partial charge in [-0.05, 0) is 44.6 Å². The van der Waals surface area contributed by atoms with Gasteiger partial charge in [0.2, 0.25) is 0 Å². The third-order valence-electron chi connectivity index (χ3n) is 4.95. The van der Waals surface area contributed by atoms with Crippen molar-refractivity contribution < 1.29 is 9.84 Å². The van der Waals surface area contributed by atoms with Crippen LogP contribution in [0.3, 0.4) is 0 Å². The number of nitrogens with zero attached hydrogens (tertiary/aromatic N) is 1. The number of benzene rings is 1. The van der Waals surface area contributed by atoms with Crippen molar-refractivity contribution in [3.8, 4) is 0 Å². The summed E-state index contributed by atoms with van der Waals surface area (Å²) in [5, 5.41) is 10.9. The van der Waals surface area contributed by atoms with Gasteiger partial charge in [-0.1, -0.05) is 30.3 Å². The van der Waals surface area contributed by atoms with Crippen molar-refractivity contribution in [3.63, 3.8) is 0 Å². The highest BCUT2D eigenvalue weighted by Crippen LogP contribution is 2.34. The first-order valence-electron chi connectivity index (χ1n) is 8.11. The molecule has 2 aliphatic heterocycles. The van der Waals surface area contributed by atoms with Crippen LogP contribution in [-0.2, 0) is 10.3 Å². The van der Waals surface area contributed by atoms with Crippen LogP contribution < -0.4 is 0 Å². The maximum Gasteiger partial charge on any atom is 0.103 e. The summed E-state index contributed by atoms with van der Waals surface area (Å²) in [4.78, 5) is 2.43. The van der Waals surface area contributed by atoms with Crippen LogP contribution in [0.4, 0.5) is 0 Å². The number of ether oxygens (including phenoxy) is 1. The number of hydrogen-bond donors (Lipinski definition) is 1. The standard InChI is InChI=1S/C18H27NO2/c1-17(2)12-15(8-11-21-17)13-19-10-9-18(20,14-19)16-6-4-3-5-7-16/h3-7,15,20H,8-14H2,1-2H3. The molecule has 21 heavy (non-hydrogen) atoms. The Kier molecular flexibility index (Phi) is 4.08. The molecule has 3 rings (SSSR count). The zero-order valence-electron chi connectivity index (χ0n) is 13.2. The molecule has 2 fully saturated rings. The number of aliphatic hydroxyl groups is 1. The third-order valence-corrected chi connectivity index (χ3v) is 4.95. The van der Waals surface area contributed by atoms with Gasteiger partial charge >= 0.3 is 0 Å². The molecular weight excluding hydrogens is 262 g/mol. The summed E-state index contributed by atoms with van der Waals surface area (Å²) >= 11 is 0. The van der Waals surface area contributed by atoms with Crippen LogP contribution in [0.5, 0.6) is 0 Å². The molecule has 0 spiro atoms. The van der Waals surface area contributed by atoms with Crippen LogP contribution in [-0.4, -0.2) is 41.8 Å². The van der Waals surface area contributed by atoms with Crippen molar-refractivity contribution in [1.82, 2.24) is 4.90 Å². The molecule has 0 amide bonds. The zero-order chi connectivity index (χ0) is 14.9. The smallest absolute Gasteiger partial charge is 0.103 e. The van der Waals surface area contributed by atoms with Gasteiger partial charge in [0, 0.05) is 26.2 Å². The Morgan fingerprint density at radius 1 is 1.29 bits per heavy atom. The van der Waals surface area contributed by atoms with Crippen LogP contribution in [0.25, 0.3) is 0 Å². The fourth-order valence-electron chi connectivity index (χ4n) is 3.89. The van der Waals surface area contributed by atoms with Crippen molar-refractivity contribution in [2.24, 2.45) is 5.92 Å². The molecular formula is C18H27NO2. The maximum atomic E-state index is 10.9. The Bertz CT molecular complexity index is 473. The molecule has 3 nitrogen and oxygen atoms in total. The fraction of sp³-hybridized carbons (Fsp3) is 0.667. The van der Waals surface area contributed by atoms with Gasteiger partial charge in [-0.15, -0.1) is 0 Å². The van der Waals surface area contributed by atoms with Gasteiger partial charge in [-0.3, -0.25) is 4.90 Å². The summed E-state index contributed by atoms with van der Waals surface area (Å²) < 4.78 is 5.80. The second kappa shape index (κ2) is 5.71. The topological polar surface area (TPSA) is 32.7 Å². The molecule has 1 N–H and O–H groups in total. The highest BCUT2D eigenvalue weighted by Gasteiger charge is 2.39. The van der Waals surface area contributed by atoms with E-state index in [-0.39, 0.29) is 5.60 Å². The molecule has 2 unspecified atom stereocenters. The fourth-order valence-corrected chi connectivity index (χ4v) is 3.89. The van der Waals surface area contributed by atoms with E-state index in [1.807, 2.05) is 30.3 Å². The molecule has 2 saturated heterocycles. The van der Waals surface area contributed by atoms with E-state index in [4.69, 9.17) is 4.74 Å². The molecule has 0 saturated carbocycles. The van der Waals surface area contributed by atoms with E-state index < -0.39 is 5.60 Å². The summed E-state index contributed by atoms with van der Waals surface area (Å²) in [7, 11) is 0. The lowest BCUT2D eigenvalue weighted by molar-refractivity contribution is -0.0768. The van der Waals surface area contributed by atoms with Gasteiger partial charge in [0.1, 0.15) is 5.60 Å². The number of rotatable bonds is 3. The number of β-amino-alcohol motifs (C(OH)–C–C–N with tert-alkyl or cyclic N) is 1. The normalized spacial score (nSPS) is 33.2. The second-order valence-corrected chi connectivity index (χ2v) is 7.35. The third kappa shape index (κ3) is 3.47. The zero-order valence-corrected chi connectivity index (χ0v) is 13.2. The van der Waals surface area contributed by atoms with Gasteiger partial charge in [-0.25, -0.2) is 0 Å². The Labute approximate surface area is 127 Å². The molecule has 0 bridgehead atoms. The molecule has 2 heterocycles. The summed E-state index contributed by atoms with van der Waals surface area (Å²) in [5.74, 6) is 0.687. The van der Waals surface area contributed by atoms with E-state index in [2.05, 4.69) is 18.7 Å². The first kappa shape index (κ1) is 15.0. The largest absolute Gasteiger partial charge is 0.384 e. The highest BCUT2D eigenvalue weighted by molar-refractivity contribution is 5.24. The van der Waals surface area contributed by atoms with Gasteiger partial charge in [0.25, 0.3) is 0 Å². The predicted octanol–water partition coefficient (Wildman–Crippen LogP) is 2.79. The Balaban J connectivity index is 1.60. The summed E-state index contributed by atoms with van der Waals surface area (Å²) in [6, 6.07) is 10.1. The Morgan fingerprint density at radius 2 is 2.05 bits per heavy atom. The van der Waals surface area contributed by atoms with Crippen LogP contribution in [0.15, 0.2) is 30.3 Å². The average molecular weight is 289 g/mol. The van der Waals surface area contributed by atoms with E-state index in [1.54, 1.807) is 0 Å². The molecule has 2 atom stereocenters. The average Bonchev–Trinajstić information content (AvgIpc) is 2.81. The lowest BCUT2D eigenvalue weighted by Gasteiger charge is -2.37. The van der Waals surface area contributed by atoms with Gasteiger partial charge in [0.05, 0.1) is 5.60 Å². The monoisotopic (exact) mass is 289 g/mol. The van der Waals surface area contributed by atoms with Gasteiger partial charge in [0.15, 0.2) is 0 Å². The SMILES string of the molecule is CC1(C)CC(CN2CCC(O)(c3ccccc3)C2)CCO1. The Hall–Kier alpha value is -0.900. The number of hydrogen-bond acceptors (Lipinski definition) is 3. The number of likely N-dealkylation sites (tertiary alicyclic amines) is 1. The molecule has 1 aromatic carbocycles. The van der Waals surface area contributed by atoms with Crippen LogP contribution >= 0.6 is 0 Å². The molecule has 0 aromatic heterocycles. The molecule has 0 aliphatic carbocycles. The van der Waals surface area contributed by atoms with E-state index in [1.165, 1.54) is 0 Å². The van der Waals surface area contributed by atoms with E-state index in [0.29, 0.717) is 5.92 Å². The molecule has 1 aromatic rings. The maximum absolute atomic E-state index is 10.9. The molecule has 116 valence electrons. The lowest BCUT2D eigenvalue weighted by Crippen LogP contribution is -2.40. The van der Waals surface area contributed by atoms with Crippen LogP contribution in [0.2, 0.25) is 0 Å². The van der Waals surface area contributed by atoms with Crippen molar-refractivity contribution in [2.75, 3.05) is 26.2 Å². The van der Waals surface area contributed by atoms with Crippen molar-refractivity contribution in [3.05, 3.63) is 35.9 Å². The minimum absolute atomic E-state index is 0.0123. The van der Waals surface area contributed by atoms with Crippen molar-refractivity contribution in [1.29, 1.82) is 0 Å². The van der Waals surface area contributed by atoms with E-state index >= 15 is 0 Å². The molecule has 2 aliphatic rings. The quantitative estimate of drug-likeness (QED) is 0.929. The van der Waals surface area contributed by atoms with Crippen molar-refractivity contribution in [2.45, 2.75) is 44.3 Å². The molecule has 3 heteroatoms. The van der Waals surface area contributed by atoms with Crippen molar-refractivity contribution >= 4 is 0 Å². The first-order chi connectivity index (χ1) is 9.97. The first-order valence-corrected chi connectivity index (χ1v) is 8.11. The van der Waals surface area contributed by atoms with Crippen LogP contribution in [0.1, 0.15) is 38.7 Å². The summed E-state index contributed by atoms with van der Waals surface area (Å²) in [6.45, 7) is 8.07. The summed E-state index contributed by atoms with van der Waals surface area (Å²) in [6.07, 6.45) is 3.10. The van der Waals surface area contributed by atoms with E-state index in [9.17, 15) is 5.11 Å². The molecule has 0 radical (unpaired) electrons. The Morgan fingerprint density at radius 3 is 2.76 bits per heavy atom. The minimum Gasteiger partial charge on any atom is -0.384 e. The van der Waals surface area contributed by atoms with Gasteiger partial charge in [-0.2, -0.15) is 0 Å².